The topological polar surface area (TPSA) is 69.3 Å². The second-order valence-electron chi connectivity index (χ2n) is 5.28. The molecule has 1 atom stereocenters. The first-order valence-electron chi connectivity index (χ1n) is 6.60. The molecule has 0 bridgehead atoms. The Hall–Kier alpha value is -1.60. The van der Waals surface area contributed by atoms with Crippen molar-refractivity contribution in [1.82, 2.24) is 14.5 Å². The number of anilines is 1. The van der Waals surface area contributed by atoms with Crippen molar-refractivity contribution in [2.45, 2.75) is 13.0 Å². The number of piperazine rings is 1. The summed E-state index contributed by atoms with van der Waals surface area (Å²) in [7, 11) is -3.12. The Kier molecular flexibility index (Phi) is 3.18. The van der Waals surface area contributed by atoms with Crippen LogP contribution < -0.4 is 4.90 Å². The maximum atomic E-state index is 11.7. The standard InChI is InChI=1S/C13H18N4O2S/c1-10-9-16(6-7-17(10)20(2,18)19)13-5-3-4-12-11(13)8-14-15-12/h3-5,8,10H,6-7,9H2,1-2H3,(H,14,15). The first-order chi connectivity index (χ1) is 9.47. The van der Waals surface area contributed by atoms with Crippen LogP contribution >= 0.6 is 0 Å². The van der Waals surface area contributed by atoms with Crippen LogP contribution in [0.5, 0.6) is 0 Å². The number of benzene rings is 1. The van der Waals surface area contributed by atoms with Crippen molar-refractivity contribution in [3.05, 3.63) is 24.4 Å². The smallest absolute Gasteiger partial charge is 0.211 e. The number of fused-ring (bicyclic) bond motifs is 1. The third-order valence-corrected chi connectivity index (χ3v) is 5.19. The van der Waals surface area contributed by atoms with Gasteiger partial charge in [0.05, 0.1) is 18.0 Å². The van der Waals surface area contributed by atoms with E-state index in [0.717, 1.165) is 16.6 Å². The van der Waals surface area contributed by atoms with E-state index in [-0.39, 0.29) is 6.04 Å². The van der Waals surface area contributed by atoms with Gasteiger partial charge in [-0.25, -0.2) is 8.42 Å². The third-order valence-electron chi connectivity index (χ3n) is 3.79. The van der Waals surface area contributed by atoms with Crippen LogP contribution in [0.2, 0.25) is 0 Å². The molecule has 2 heterocycles. The Morgan fingerprint density at radius 3 is 2.85 bits per heavy atom. The molecule has 108 valence electrons. The highest BCUT2D eigenvalue weighted by Gasteiger charge is 2.30. The lowest BCUT2D eigenvalue weighted by Gasteiger charge is -2.39. The number of aromatic nitrogens is 2. The highest BCUT2D eigenvalue weighted by Crippen LogP contribution is 2.27. The molecule has 1 aliphatic rings. The van der Waals surface area contributed by atoms with Crippen molar-refractivity contribution in [3.8, 4) is 0 Å². The average molecular weight is 294 g/mol. The van der Waals surface area contributed by atoms with E-state index in [4.69, 9.17) is 0 Å². The number of nitrogens with one attached hydrogen (secondary N) is 1. The van der Waals surface area contributed by atoms with E-state index in [0.29, 0.717) is 19.6 Å². The first kappa shape index (κ1) is 13.4. The van der Waals surface area contributed by atoms with E-state index >= 15 is 0 Å². The Balaban J connectivity index is 1.89. The quantitative estimate of drug-likeness (QED) is 0.898. The molecule has 1 unspecified atom stereocenters. The van der Waals surface area contributed by atoms with E-state index < -0.39 is 10.0 Å². The van der Waals surface area contributed by atoms with Crippen molar-refractivity contribution < 1.29 is 8.42 Å². The van der Waals surface area contributed by atoms with Crippen LogP contribution in [-0.4, -0.2) is 54.9 Å². The van der Waals surface area contributed by atoms with Gasteiger partial charge in [-0.3, -0.25) is 5.10 Å². The van der Waals surface area contributed by atoms with Gasteiger partial charge in [0.1, 0.15) is 0 Å². The second-order valence-corrected chi connectivity index (χ2v) is 7.21. The molecule has 1 aromatic heterocycles. The molecule has 0 aliphatic carbocycles. The summed E-state index contributed by atoms with van der Waals surface area (Å²) in [4.78, 5) is 2.23. The van der Waals surface area contributed by atoms with E-state index in [1.54, 1.807) is 4.31 Å². The van der Waals surface area contributed by atoms with E-state index in [2.05, 4.69) is 21.2 Å². The number of hydrogen-bond donors (Lipinski definition) is 1. The molecule has 1 fully saturated rings. The van der Waals surface area contributed by atoms with Crippen molar-refractivity contribution in [3.63, 3.8) is 0 Å². The molecule has 7 heteroatoms. The molecule has 1 saturated heterocycles. The zero-order chi connectivity index (χ0) is 14.3. The lowest BCUT2D eigenvalue weighted by atomic mass is 10.1. The summed E-state index contributed by atoms with van der Waals surface area (Å²) in [5.74, 6) is 0. The third kappa shape index (κ3) is 2.27. The van der Waals surface area contributed by atoms with Gasteiger partial charge in [-0.05, 0) is 19.1 Å². The fourth-order valence-electron chi connectivity index (χ4n) is 2.88. The van der Waals surface area contributed by atoms with Gasteiger partial charge in [0.15, 0.2) is 0 Å². The van der Waals surface area contributed by atoms with E-state index in [1.165, 1.54) is 6.26 Å². The molecule has 2 aromatic rings. The molecule has 3 rings (SSSR count). The minimum absolute atomic E-state index is 0.0269. The molecule has 20 heavy (non-hydrogen) atoms. The highest BCUT2D eigenvalue weighted by molar-refractivity contribution is 7.88. The summed E-state index contributed by atoms with van der Waals surface area (Å²) in [5.41, 5.74) is 2.11. The fourth-order valence-corrected chi connectivity index (χ4v) is 4.01. The summed E-state index contributed by atoms with van der Waals surface area (Å²) in [6, 6.07) is 6.01. The lowest BCUT2D eigenvalue weighted by Crippen LogP contribution is -2.53. The lowest BCUT2D eigenvalue weighted by molar-refractivity contribution is 0.309. The maximum absolute atomic E-state index is 11.7. The summed E-state index contributed by atoms with van der Waals surface area (Å²) in [6.45, 7) is 3.86. The number of aromatic amines is 1. The van der Waals surface area contributed by atoms with Gasteiger partial charge in [-0.15, -0.1) is 0 Å². The first-order valence-corrected chi connectivity index (χ1v) is 8.45. The van der Waals surface area contributed by atoms with Crippen LogP contribution in [0.3, 0.4) is 0 Å². The summed E-state index contributed by atoms with van der Waals surface area (Å²) < 4.78 is 25.0. The Labute approximate surface area is 118 Å². The number of hydrogen-bond acceptors (Lipinski definition) is 4. The molecular weight excluding hydrogens is 276 g/mol. The van der Waals surface area contributed by atoms with Gasteiger partial charge in [0, 0.05) is 36.7 Å². The van der Waals surface area contributed by atoms with Crippen molar-refractivity contribution in [2.75, 3.05) is 30.8 Å². The molecule has 6 nitrogen and oxygen atoms in total. The predicted octanol–water partition coefficient (Wildman–Crippen LogP) is 1.03. The van der Waals surface area contributed by atoms with Crippen molar-refractivity contribution >= 4 is 26.6 Å². The zero-order valence-electron chi connectivity index (χ0n) is 11.6. The SMILES string of the molecule is CC1CN(c2cccc3[nH]ncc23)CCN1S(C)(=O)=O. The predicted molar refractivity (Wildman–Crippen MR) is 79.3 cm³/mol. The fraction of sp³-hybridized carbons (Fsp3) is 0.462. The van der Waals surface area contributed by atoms with Gasteiger partial charge in [-0.2, -0.15) is 9.40 Å². The summed E-state index contributed by atoms with van der Waals surface area (Å²) in [5, 5.41) is 8.11. The van der Waals surface area contributed by atoms with E-state index in [1.807, 2.05) is 25.3 Å². The van der Waals surface area contributed by atoms with Gasteiger partial charge >= 0.3 is 0 Å². The Morgan fingerprint density at radius 2 is 2.15 bits per heavy atom. The molecule has 1 aromatic carbocycles. The second kappa shape index (κ2) is 4.75. The average Bonchev–Trinajstić information content (AvgIpc) is 2.85. The van der Waals surface area contributed by atoms with Crippen LogP contribution in [0.4, 0.5) is 5.69 Å². The molecule has 1 N–H and O–H groups in total. The summed E-state index contributed by atoms with van der Waals surface area (Å²) in [6.07, 6.45) is 3.09. The van der Waals surface area contributed by atoms with Crippen LogP contribution in [0.1, 0.15) is 6.92 Å². The summed E-state index contributed by atoms with van der Waals surface area (Å²) >= 11 is 0. The largest absolute Gasteiger partial charge is 0.368 e. The molecular formula is C13H18N4O2S. The van der Waals surface area contributed by atoms with Crippen LogP contribution in [0.15, 0.2) is 24.4 Å². The Morgan fingerprint density at radius 1 is 1.35 bits per heavy atom. The minimum Gasteiger partial charge on any atom is -0.368 e. The molecule has 1 aliphatic heterocycles. The number of nitrogens with zero attached hydrogens (tertiary/aromatic N) is 3. The minimum atomic E-state index is -3.12. The van der Waals surface area contributed by atoms with E-state index in [9.17, 15) is 8.42 Å². The molecule has 0 spiro atoms. The molecule has 0 amide bonds. The highest BCUT2D eigenvalue weighted by atomic mass is 32.2. The van der Waals surface area contributed by atoms with Crippen molar-refractivity contribution in [1.29, 1.82) is 0 Å². The normalized spacial score (nSPS) is 21.5. The van der Waals surface area contributed by atoms with Crippen LogP contribution in [0, 0.1) is 0 Å². The zero-order valence-corrected chi connectivity index (χ0v) is 12.4. The number of rotatable bonds is 2. The van der Waals surface area contributed by atoms with Crippen molar-refractivity contribution in [2.24, 2.45) is 0 Å². The monoisotopic (exact) mass is 294 g/mol. The number of sulfonamides is 1. The van der Waals surface area contributed by atoms with Gasteiger partial charge in [0.25, 0.3) is 0 Å². The maximum Gasteiger partial charge on any atom is 0.211 e. The van der Waals surface area contributed by atoms with Gasteiger partial charge < -0.3 is 4.90 Å². The van der Waals surface area contributed by atoms with Crippen LogP contribution in [-0.2, 0) is 10.0 Å². The van der Waals surface area contributed by atoms with Gasteiger partial charge in [-0.1, -0.05) is 6.07 Å². The Bertz CT molecular complexity index is 725. The van der Waals surface area contributed by atoms with Crippen LogP contribution in [0.25, 0.3) is 10.9 Å². The number of H-pyrrole nitrogens is 1. The van der Waals surface area contributed by atoms with Gasteiger partial charge in [0.2, 0.25) is 10.0 Å². The molecule has 0 saturated carbocycles. The molecule has 0 radical (unpaired) electrons.